The summed E-state index contributed by atoms with van der Waals surface area (Å²) in [5, 5.41) is 9.75. The zero-order valence-corrected chi connectivity index (χ0v) is 20.0. The molecule has 1 amide bonds. The number of aliphatic hydroxyl groups is 1. The molecule has 0 spiro atoms. The van der Waals surface area contributed by atoms with Gasteiger partial charge >= 0.3 is 0 Å². The van der Waals surface area contributed by atoms with Crippen molar-refractivity contribution < 1.29 is 23.1 Å². The molecule has 9 heteroatoms. The molecule has 0 unspecified atom stereocenters. The first-order chi connectivity index (χ1) is 15.0. The van der Waals surface area contributed by atoms with E-state index < -0.39 is 22.2 Å². The first kappa shape index (κ1) is 24.2. The summed E-state index contributed by atoms with van der Waals surface area (Å²) in [6, 6.07) is 9.25. The van der Waals surface area contributed by atoms with E-state index in [1.165, 1.54) is 11.4 Å². The third-order valence-electron chi connectivity index (χ3n) is 5.91. The molecule has 0 bridgehead atoms. The second kappa shape index (κ2) is 9.56. The molecule has 0 saturated heterocycles. The van der Waals surface area contributed by atoms with E-state index in [0.717, 1.165) is 22.9 Å². The van der Waals surface area contributed by atoms with E-state index in [1.54, 1.807) is 24.1 Å². The van der Waals surface area contributed by atoms with Crippen molar-refractivity contribution in [2.24, 2.45) is 5.92 Å². The van der Waals surface area contributed by atoms with Gasteiger partial charge in [0.15, 0.2) is 0 Å². The lowest BCUT2D eigenvalue weighted by Gasteiger charge is -2.37. The van der Waals surface area contributed by atoms with Crippen molar-refractivity contribution in [3.8, 4) is 17.0 Å². The third kappa shape index (κ3) is 5.28. The first-order valence-corrected chi connectivity index (χ1v) is 12.4. The molecule has 0 saturated carbocycles. The number of aliphatic hydroxyl groups excluding tert-OH is 1. The SMILES string of the molecule is Cc1ccc(-c2cnc3c(c2)C(=O)N([C@H](C)CO)C[C@@H](C)[C@H](CN(C)S(C)(=O)=O)O3)cc1. The van der Waals surface area contributed by atoms with Gasteiger partial charge in [-0.1, -0.05) is 36.8 Å². The second-order valence-electron chi connectivity index (χ2n) is 8.61. The number of sulfonamides is 1. The number of rotatable bonds is 6. The molecular formula is C23H31N3O5S. The Morgan fingerprint density at radius 2 is 1.94 bits per heavy atom. The quantitative estimate of drug-likeness (QED) is 0.708. The standard InChI is InChI=1S/C23H31N3O5S/c1-15-6-8-18(9-7-15)19-10-20-22(24-11-19)31-21(13-25(4)32(5,29)30)16(2)12-26(23(20)28)17(3)14-27/h6-11,16-17,21,27H,12-14H2,1-5H3/t16-,17-,21+/m1/s1. The molecule has 0 aliphatic carbocycles. The highest BCUT2D eigenvalue weighted by Gasteiger charge is 2.35. The average molecular weight is 462 g/mol. The Labute approximate surface area is 189 Å². The molecule has 1 aromatic heterocycles. The Morgan fingerprint density at radius 3 is 2.53 bits per heavy atom. The molecule has 3 atom stereocenters. The normalized spacial score (nSPS) is 20.3. The van der Waals surface area contributed by atoms with E-state index in [9.17, 15) is 18.3 Å². The summed E-state index contributed by atoms with van der Waals surface area (Å²) in [7, 11) is -1.90. The number of carbonyl (C=O) groups excluding carboxylic acids is 1. The van der Waals surface area contributed by atoms with E-state index in [-0.39, 0.29) is 30.9 Å². The molecule has 3 rings (SSSR count). The molecule has 1 N–H and O–H groups in total. The Balaban J connectivity index is 2.06. The van der Waals surface area contributed by atoms with Crippen LogP contribution in [-0.2, 0) is 10.0 Å². The maximum atomic E-state index is 13.4. The summed E-state index contributed by atoms with van der Waals surface area (Å²) in [6.07, 6.45) is 2.28. The first-order valence-electron chi connectivity index (χ1n) is 10.6. The molecule has 174 valence electrons. The van der Waals surface area contributed by atoms with E-state index >= 15 is 0 Å². The van der Waals surface area contributed by atoms with E-state index in [2.05, 4.69) is 4.98 Å². The van der Waals surface area contributed by atoms with Crippen LogP contribution in [0.3, 0.4) is 0 Å². The second-order valence-corrected chi connectivity index (χ2v) is 10.7. The number of amides is 1. The van der Waals surface area contributed by atoms with Gasteiger partial charge < -0.3 is 14.7 Å². The van der Waals surface area contributed by atoms with Crippen molar-refractivity contribution in [3.63, 3.8) is 0 Å². The summed E-state index contributed by atoms with van der Waals surface area (Å²) in [5.41, 5.74) is 3.12. The van der Waals surface area contributed by atoms with Gasteiger partial charge in [0.05, 0.1) is 25.4 Å². The Kier molecular flexibility index (Phi) is 7.22. The third-order valence-corrected chi connectivity index (χ3v) is 7.19. The summed E-state index contributed by atoms with van der Waals surface area (Å²) >= 11 is 0. The largest absolute Gasteiger partial charge is 0.472 e. The smallest absolute Gasteiger partial charge is 0.259 e. The average Bonchev–Trinajstić information content (AvgIpc) is 2.75. The molecule has 0 fully saturated rings. The minimum Gasteiger partial charge on any atom is -0.472 e. The number of hydrogen-bond acceptors (Lipinski definition) is 6. The fourth-order valence-electron chi connectivity index (χ4n) is 3.61. The molecule has 1 aromatic carbocycles. The van der Waals surface area contributed by atoms with E-state index in [1.807, 2.05) is 38.1 Å². The number of likely N-dealkylation sites (N-methyl/N-ethyl adjacent to an activating group) is 1. The van der Waals surface area contributed by atoms with Crippen LogP contribution in [0, 0.1) is 12.8 Å². The zero-order chi connectivity index (χ0) is 23.6. The number of fused-ring (bicyclic) bond motifs is 1. The van der Waals surface area contributed by atoms with Crippen LogP contribution >= 0.6 is 0 Å². The van der Waals surface area contributed by atoms with Gasteiger partial charge in [-0.2, -0.15) is 0 Å². The minimum atomic E-state index is -3.40. The summed E-state index contributed by atoms with van der Waals surface area (Å²) < 4.78 is 31.3. The summed E-state index contributed by atoms with van der Waals surface area (Å²) in [6.45, 7) is 5.93. The van der Waals surface area contributed by atoms with Crippen LogP contribution in [0.25, 0.3) is 11.1 Å². The highest BCUT2D eigenvalue weighted by Crippen LogP contribution is 2.30. The maximum Gasteiger partial charge on any atom is 0.259 e. The van der Waals surface area contributed by atoms with Crippen molar-refractivity contribution in [2.75, 3.05) is 33.0 Å². The number of pyridine rings is 1. The predicted octanol–water partition coefficient (Wildman–Crippen LogP) is 2.17. The fraction of sp³-hybridized carbons (Fsp3) is 0.478. The number of nitrogens with zero attached hydrogens (tertiary/aromatic N) is 3. The van der Waals surface area contributed by atoms with E-state index in [0.29, 0.717) is 12.1 Å². The van der Waals surface area contributed by atoms with Crippen molar-refractivity contribution in [1.82, 2.24) is 14.2 Å². The molecule has 2 heterocycles. The van der Waals surface area contributed by atoms with Crippen LogP contribution in [-0.4, -0.2) is 78.8 Å². The van der Waals surface area contributed by atoms with Gasteiger partial charge in [-0.05, 0) is 25.5 Å². The molecule has 1 aliphatic rings. The van der Waals surface area contributed by atoms with Crippen molar-refractivity contribution in [1.29, 1.82) is 0 Å². The Morgan fingerprint density at radius 1 is 1.28 bits per heavy atom. The Hall–Kier alpha value is -2.49. The van der Waals surface area contributed by atoms with Crippen LogP contribution in [0.2, 0.25) is 0 Å². The van der Waals surface area contributed by atoms with E-state index in [4.69, 9.17) is 4.74 Å². The molecule has 8 nitrogen and oxygen atoms in total. The van der Waals surface area contributed by atoms with Gasteiger partial charge in [-0.15, -0.1) is 0 Å². The summed E-state index contributed by atoms with van der Waals surface area (Å²) in [5.74, 6) is -0.298. The van der Waals surface area contributed by atoms with Crippen LogP contribution < -0.4 is 4.74 Å². The highest BCUT2D eigenvalue weighted by atomic mass is 32.2. The van der Waals surface area contributed by atoms with Crippen LogP contribution in [0.1, 0.15) is 29.8 Å². The van der Waals surface area contributed by atoms with Gasteiger partial charge in [0.2, 0.25) is 15.9 Å². The number of ether oxygens (including phenoxy) is 1. The monoisotopic (exact) mass is 461 g/mol. The molecule has 2 aromatic rings. The van der Waals surface area contributed by atoms with Crippen molar-refractivity contribution in [2.45, 2.75) is 32.9 Å². The lowest BCUT2D eigenvalue weighted by molar-refractivity contribution is 0.0374. The van der Waals surface area contributed by atoms with Crippen molar-refractivity contribution >= 4 is 15.9 Å². The molecule has 1 aliphatic heterocycles. The van der Waals surface area contributed by atoms with Crippen LogP contribution in [0.15, 0.2) is 36.5 Å². The predicted molar refractivity (Wildman–Crippen MR) is 123 cm³/mol. The lowest BCUT2D eigenvalue weighted by Crippen LogP contribution is -2.50. The van der Waals surface area contributed by atoms with Crippen LogP contribution in [0.4, 0.5) is 0 Å². The van der Waals surface area contributed by atoms with Gasteiger partial charge in [0, 0.05) is 31.3 Å². The summed E-state index contributed by atoms with van der Waals surface area (Å²) in [4.78, 5) is 19.5. The minimum absolute atomic E-state index is 0.121. The van der Waals surface area contributed by atoms with Gasteiger partial charge in [0.25, 0.3) is 5.91 Å². The lowest BCUT2D eigenvalue weighted by atomic mass is 9.99. The molecular weight excluding hydrogens is 430 g/mol. The topological polar surface area (TPSA) is 100 Å². The van der Waals surface area contributed by atoms with Gasteiger partial charge in [-0.3, -0.25) is 4.79 Å². The molecule has 0 radical (unpaired) electrons. The number of carbonyl (C=O) groups is 1. The Bertz CT molecular complexity index is 1070. The highest BCUT2D eigenvalue weighted by molar-refractivity contribution is 7.88. The number of benzene rings is 1. The number of hydrogen-bond donors (Lipinski definition) is 1. The zero-order valence-electron chi connectivity index (χ0n) is 19.1. The molecule has 32 heavy (non-hydrogen) atoms. The van der Waals surface area contributed by atoms with Gasteiger partial charge in [-0.25, -0.2) is 17.7 Å². The number of aromatic nitrogens is 1. The fourth-order valence-corrected chi connectivity index (χ4v) is 4.03. The number of aryl methyl sites for hydroxylation is 1. The van der Waals surface area contributed by atoms with Gasteiger partial charge in [0.1, 0.15) is 11.7 Å². The van der Waals surface area contributed by atoms with Crippen molar-refractivity contribution in [3.05, 3.63) is 47.7 Å². The van der Waals surface area contributed by atoms with Crippen LogP contribution in [0.5, 0.6) is 5.88 Å². The maximum absolute atomic E-state index is 13.4.